The highest BCUT2D eigenvalue weighted by atomic mass is 16.5. The highest BCUT2D eigenvalue weighted by Gasteiger charge is 2.31. The number of hydrogen-bond acceptors (Lipinski definition) is 3. The monoisotopic (exact) mass is 341 g/mol. The summed E-state index contributed by atoms with van der Waals surface area (Å²) in [5, 5.41) is 1.17. The van der Waals surface area contributed by atoms with E-state index in [4.69, 9.17) is 4.74 Å². The Bertz CT molecular complexity index is 752. The van der Waals surface area contributed by atoms with Gasteiger partial charge >= 0.3 is 0 Å². The topological polar surface area (TPSA) is 65.6 Å². The second kappa shape index (κ2) is 6.88. The van der Waals surface area contributed by atoms with Crippen molar-refractivity contribution in [2.45, 2.75) is 25.3 Å². The number of ether oxygens (including phenoxy) is 1. The highest BCUT2D eigenvalue weighted by Crippen LogP contribution is 2.32. The Morgan fingerprint density at radius 2 is 2.12 bits per heavy atom. The number of H-pyrrole nitrogens is 1. The molecule has 0 radical (unpaired) electrons. The largest absolute Gasteiger partial charge is 0.370 e. The van der Waals surface area contributed by atoms with Gasteiger partial charge in [0.2, 0.25) is 11.8 Å². The van der Waals surface area contributed by atoms with Crippen LogP contribution in [0.15, 0.2) is 30.3 Å². The number of likely N-dealkylation sites (tertiary alicyclic amines) is 1. The van der Waals surface area contributed by atoms with E-state index in [1.165, 1.54) is 5.39 Å². The van der Waals surface area contributed by atoms with Crippen LogP contribution in [-0.4, -0.2) is 59.4 Å². The molecule has 6 nitrogen and oxygen atoms in total. The van der Waals surface area contributed by atoms with Crippen LogP contribution in [-0.2, 0) is 14.3 Å². The van der Waals surface area contributed by atoms with Crippen LogP contribution in [0.1, 0.15) is 31.0 Å². The molecule has 2 saturated heterocycles. The van der Waals surface area contributed by atoms with Gasteiger partial charge in [0.15, 0.2) is 0 Å². The molecule has 6 heteroatoms. The lowest BCUT2D eigenvalue weighted by Gasteiger charge is -2.37. The average Bonchev–Trinajstić information content (AvgIpc) is 3.07. The van der Waals surface area contributed by atoms with E-state index < -0.39 is 0 Å². The molecule has 1 aromatic heterocycles. The maximum absolute atomic E-state index is 12.9. The lowest BCUT2D eigenvalue weighted by atomic mass is 9.99. The predicted octanol–water partition coefficient (Wildman–Crippen LogP) is 2.08. The van der Waals surface area contributed by atoms with Crippen LogP contribution >= 0.6 is 0 Å². The molecule has 1 aromatic carbocycles. The number of benzene rings is 1. The molecule has 0 saturated carbocycles. The maximum Gasteiger partial charge on any atom is 0.249 e. The van der Waals surface area contributed by atoms with Crippen molar-refractivity contribution in [3.63, 3.8) is 0 Å². The number of nitrogens with zero attached hydrogens (tertiary/aromatic N) is 2. The number of para-hydroxylation sites is 1. The molecule has 4 rings (SSSR count). The number of fused-ring (bicyclic) bond motifs is 1. The summed E-state index contributed by atoms with van der Waals surface area (Å²) in [6.07, 6.45) is 3.08. The van der Waals surface area contributed by atoms with E-state index in [2.05, 4.69) is 23.2 Å². The lowest BCUT2D eigenvalue weighted by molar-refractivity contribution is -0.150. The van der Waals surface area contributed by atoms with E-state index in [0.717, 1.165) is 37.0 Å². The molecule has 1 N–H and O–H groups in total. The van der Waals surface area contributed by atoms with Gasteiger partial charge in [0.05, 0.1) is 19.2 Å². The van der Waals surface area contributed by atoms with Crippen molar-refractivity contribution in [3.05, 3.63) is 36.0 Å². The number of carbonyl (C=O) groups excluding carboxylic acids is 2. The summed E-state index contributed by atoms with van der Waals surface area (Å²) in [5.74, 6) is -0.0719. The number of amides is 2. The lowest BCUT2D eigenvalue weighted by Crippen LogP contribution is -2.49. The minimum atomic E-state index is -0.0984. The van der Waals surface area contributed by atoms with Gasteiger partial charge in [0, 0.05) is 24.3 Å². The molecule has 25 heavy (non-hydrogen) atoms. The first-order valence-corrected chi connectivity index (χ1v) is 8.95. The van der Waals surface area contributed by atoms with Crippen molar-refractivity contribution in [1.82, 2.24) is 14.8 Å². The Labute approximate surface area is 146 Å². The van der Waals surface area contributed by atoms with Crippen LogP contribution in [0.25, 0.3) is 10.9 Å². The number of carbonyl (C=O) groups is 2. The van der Waals surface area contributed by atoms with Crippen LogP contribution in [0.4, 0.5) is 0 Å². The Balaban J connectivity index is 1.53. The van der Waals surface area contributed by atoms with Gasteiger partial charge in [-0.2, -0.15) is 0 Å². The second-order valence-corrected chi connectivity index (χ2v) is 6.78. The number of piperidine rings is 1. The fourth-order valence-corrected chi connectivity index (χ4v) is 3.80. The van der Waals surface area contributed by atoms with Gasteiger partial charge in [0.1, 0.15) is 6.61 Å². The number of aromatic amines is 1. The predicted molar refractivity (Wildman–Crippen MR) is 94.0 cm³/mol. The van der Waals surface area contributed by atoms with Crippen molar-refractivity contribution in [2.75, 3.05) is 32.8 Å². The second-order valence-electron chi connectivity index (χ2n) is 6.78. The van der Waals surface area contributed by atoms with Gasteiger partial charge in [-0.15, -0.1) is 0 Å². The molecule has 2 aromatic rings. The summed E-state index contributed by atoms with van der Waals surface area (Å²) in [7, 11) is 0. The fourth-order valence-electron chi connectivity index (χ4n) is 3.80. The normalized spacial score (nSPS) is 21.8. The van der Waals surface area contributed by atoms with Gasteiger partial charge < -0.3 is 19.5 Å². The fraction of sp³-hybridized carbons (Fsp3) is 0.474. The molecule has 1 atom stereocenters. The summed E-state index contributed by atoms with van der Waals surface area (Å²) in [4.78, 5) is 31.8. The van der Waals surface area contributed by atoms with Gasteiger partial charge in [0.25, 0.3) is 0 Å². The third-order valence-electron chi connectivity index (χ3n) is 5.14. The zero-order valence-corrected chi connectivity index (χ0v) is 14.2. The summed E-state index contributed by atoms with van der Waals surface area (Å²) in [6.45, 7) is 1.98. The SMILES string of the molecule is O=C1COCCN1CC(=O)N1CCCCC1c1cc2ccccc2[nH]1. The highest BCUT2D eigenvalue weighted by molar-refractivity contribution is 5.86. The first kappa shape index (κ1) is 16.1. The standard InChI is InChI=1S/C19H23N3O3/c23-18(12-21-9-10-25-13-19(21)24)22-8-4-3-7-17(22)16-11-14-5-1-2-6-15(14)20-16/h1-2,5-6,11,17,20H,3-4,7-10,12-13H2. The van der Waals surface area contributed by atoms with E-state index in [9.17, 15) is 9.59 Å². The van der Waals surface area contributed by atoms with Crippen LogP contribution in [0.5, 0.6) is 0 Å². The molecule has 1 unspecified atom stereocenters. The molecule has 132 valence electrons. The quantitative estimate of drug-likeness (QED) is 0.929. The third kappa shape index (κ3) is 3.26. The molecular formula is C19H23N3O3. The van der Waals surface area contributed by atoms with Gasteiger partial charge in [-0.1, -0.05) is 18.2 Å². The van der Waals surface area contributed by atoms with Gasteiger partial charge in [-0.05, 0) is 36.8 Å². The number of aromatic nitrogens is 1. The summed E-state index contributed by atoms with van der Waals surface area (Å²) in [6, 6.07) is 10.4. The van der Waals surface area contributed by atoms with Crippen molar-refractivity contribution < 1.29 is 14.3 Å². The van der Waals surface area contributed by atoms with E-state index in [0.29, 0.717) is 13.2 Å². The van der Waals surface area contributed by atoms with Crippen LogP contribution in [0.3, 0.4) is 0 Å². The van der Waals surface area contributed by atoms with Crippen LogP contribution in [0, 0.1) is 0 Å². The van der Waals surface area contributed by atoms with E-state index >= 15 is 0 Å². The molecule has 2 fully saturated rings. The van der Waals surface area contributed by atoms with Crippen molar-refractivity contribution in [2.24, 2.45) is 0 Å². The Kier molecular flexibility index (Phi) is 4.44. The number of hydrogen-bond donors (Lipinski definition) is 1. The number of rotatable bonds is 3. The van der Waals surface area contributed by atoms with E-state index in [1.54, 1.807) is 4.90 Å². The molecule has 2 aliphatic rings. The molecule has 0 spiro atoms. The summed E-state index contributed by atoms with van der Waals surface area (Å²) < 4.78 is 5.14. The molecular weight excluding hydrogens is 318 g/mol. The minimum Gasteiger partial charge on any atom is -0.370 e. The average molecular weight is 341 g/mol. The Morgan fingerprint density at radius 3 is 2.96 bits per heavy atom. The zero-order valence-electron chi connectivity index (χ0n) is 14.2. The summed E-state index contributed by atoms with van der Waals surface area (Å²) in [5.41, 5.74) is 2.18. The molecule has 0 bridgehead atoms. The third-order valence-corrected chi connectivity index (χ3v) is 5.14. The smallest absolute Gasteiger partial charge is 0.249 e. The Hall–Kier alpha value is -2.34. The molecule has 2 aliphatic heterocycles. The molecule has 3 heterocycles. The number of nitrogens with one attached hydrogen (secondary N) is 1. The van der Waals surface area contributed by atoms with Crippen molar-refractivity contribution in [3.8, 4) is 0 Å². The molecule has 0 aliphatic carbocycles. The zero-order chi connectivity index (χ0) is 17.2. The number of morpholine rings is 1. The maximum atomic E-state index is 12.9. The Morgan fingerprint density at radius 1 is 1.24 bits per heavy atom. The van der Waals surface area contributed by atoms with Crippen LogP contribution in [0.2, 0.25) is 0 Å². The first-order valence-electron chi connectivity index (χ1n) is 8.95. The first-order chi connectivity index (χ1) is 12.2. The molecule has 2 amide bonds. The van der Waals surface area contributed by atoms with E-state index in [-0.39, 0.29) is 31.0 Å². The van der Waals surface area contributed by atoms with Gasteiger partial charge in [-0.3, -0.25) is 9.59 Å². The van der Waals surface area contributed by atoms with Crippen molar-refractivity contribution >= 4 is 22.7 Å². The van der Waals surface area contributed by atoms with Crippen molar-refractivity contribution in [1.29, 1.82) is 0 Å². The summed E-state index contributed by atoms with van der Waals surface area (Å²) >= 11 is 0. The van der Waals surface area contributed by atoms with Crippen LogP contribution < -0.4 is 0 Å². The van der Waals surface area contributed by atoms with E-state index in [1.807, 2.05) is 17.0 Å². The minimum absolute atomic E-state index is 0.0265. The van der Waals surface area contributed by atoms with Gasteiger partial charge in [-0.25, -0.2) is 0 Å².